The summed E-state index contributed by atoms with van der Waals surface area (Å²) in [4.78, 5) is 14.6. The zero-order valence-corrected chi connectivity index (χ0v) is 16.4. The molecule has 26 heavy (non-hydrogen) atoms. The van der Waals surface area contributed by atoms with Crippen LogP contribution >= 0.6 is 0 Å². The fraction of sp³-hybridized carbons (Fsp3) is 0.632. The van der Waals surface area contributed by atoms with E-state index in [-0.39, 0.29) is 11.9 Å². The number of fused-ring (bicyclic) bond motifs is 1. The molecular formula is C19H29N3O3S. The molecule has 7 heteroatoms. The fourth-order valence-corrected chi connectivity index (χ4v) is 4.71. The van der Waals surface area contributed by atoms with Gasteiger partial charge in [-0.05, 0) is 49.3 Å². The Morgan fingerprint density at radius 1 is 1.23 bits per heavy atom. The normalized spacial score (nSPS) is 23.2. The second kappa shape index (κ2) is 7.86. The maximum atomic E-state index is 12.6. The van der Waals surface area contributed by atoms with Gasteiger partial charge in [-0.2, -0.15) is 0 Å². The third-order valence-corrected chi connectivity index (χ3v) is 6.03. The number of anilines is 2. The van der Waals surface area contributed by atoms with E-state index >= 15 is 0 Å². The number of hydrogen-bond donors (Lipinski definition) is 2. The number of hydrogen-bond acceptors (Lipinski definition) is 4. The van der Waals surface area contributed by atoms with Gasteiger partial charge in [0.15, 0.2) is 0 Å². The van der Waals surface area contributed by atoms with Gasteiger partial charge in [-0.15, -0.1) is 0 Å². The van der Waals surface area contributed by atoms with Crippen molar-refractivity contribution in [1.29, 1.82) is 0 Å². The van der Waals surface area contributed by atoms with Crippen molar-refractivity contribution < 1.29 is 13.2 Å². The van der Waals surface area contributed by atoms with E-state index in [1.807, 2.05) is 12.1 Å². The molecule has 2 atom stereocenters. The zero-order chi connectivity index (χ0) is 18.7. The molecule has 0 bridgehead atoms. The van der Waals surface area contributed by atoms with Gasteiger partial charge in [-0.1, -0.05) is 25.8 Å². The highest BCUT2D eigenvalue weighted by molar-refractivity contribution is 7.92. The lowest BCUT2D eigenvalue weighted by Gasteiger charge is -2.34. The van der Waals surface area contributed by atoms with E-state index in [4.69, 9.17) is 0 Å². The number of carbonyl (C=O) groups is 1. The van der Waals surface area contributed by atoms with E-state index in [1.54, 1.807) is 6.07 Å². The first kappa shape index (κ1) is 19.0. The third kappa shape index (κ3) is 4.69. The minimum atomic E-state index is -3.32. The van der Waals surface area contributed by atoms with E-state index in [9.17, 15) is 13.2 Å². The van der Waals surface area contributed by atoms with Crippen LogP contribution in [0.3, 0.4) is 0 Å². The van der Waals surface area contributed by atoms with Crippen molar-refractivity contribution in [2.75, 3.05) is 29.0 Å². The van der Waals surface area contributed by atoms with Gasteiger partial charge in [0.1, 0.15) is 0 Å². The Morgan fingerprint density at radius 2 is 2.00 bits per heavy atom. The van der Waals surface area contributed by atoms with Crippen LogP contribution in [0.4, 0.5) is 11.4 Å². The summed E-state index contributed by atoms with van der Waals surface area (Å²) in [5.41, 5.74) is 2.55. The quantitative estimate of drug-likeness (QED) is 0.824. The number of nitrogens with zero attached hydrogens (tertiary/aromatic N) is 1. The minimum absolute atomic E-state index is 0.0538. The molecule has 144 valence electrons. The second-order valence-corrected chi connectivity index (χ2v) is 9.39. The number of nitrogens with one attached hydrogen (secondary N) is 2. The number of rotatable bonds is 5. The highest BCUT2D eigenvalue weighted by Crippen LogP contribution is 2.33. The van der Waals surface area contributed by atoms with E-state index in [0.29, 0.717) is 18.2 Å². The van der Waals surface area contributed by atoms with Crippen molar-refractivity contribution in [3.8, 4) is 0 Å². The molecule has 3 rings (SSSR count). The summed E-state index contributed by atoms with van der Waals surface area (Å²) in [6, 6.07) is 5.87. The predicted molar refractivity (Wildman–Crippen MR) is 105 cm³/mol. The Hall–Kier alpha value is -1.76. The lowest BCUT2D eigenvalue weighted by molar-refractivity contribution is -0.121. The van der Waals surface area contributed by atoms with E-state index in [1.165, 1.54) is 19.3 Å². The molecule has 6 nitrogen and oxygen atoms in total. The van der Waals surface area contributed by atoms with Gasteiger partial charge in [-0.25, -0.2) is 8.42 Å². The Labute approximate surface area is 156 Å². The number of benzene rings is 1. The molecule has 1 heterocycles. The van der Waals surface area contributed by atoms with Crippen LogP contribution in [-0.4, -0.2) is 39.7 Å². The maximum absolute atomic E-state index is 12.6. The van der Waals surface area contributed by atoms with Crippen LogP contribution in [0, 0.1) is 5.92 Å². The van der Waals surface area contributed by atoms with Gasteiger partial charge in [0.25, 0.3) is 0 Å². The van der Waals surface area contributed by atoms with Crippen molar-refractivity contribution in [1.82, 2.24) is 5.32 Å². The molecule has 0 radical (unpaired) electrons. The van der Waals surface area contributed by atoms with Crippen LogP contribution in [-0.2, 0) is 21.2 Å². The Balaban J connectivity index is 1.71. The third-order valence-electron chi connectivity index (χ3n) is 5.43. The molecule has 1 amide bonds. The Bertz CT molecular complexity index is 763. The van der Waals surface area contributed by atoms with Gasteiger partial charge in [-0.3, -0.25) is 9.52 Å². The van der Waals surface area contributed by atoms with E-state index in [2.05, 4.69) is 21.9 Å². The van der Waals surface area contributed by atoms with E-state index in [0.717, 1.165) is 43.3 Å². The van der Waals surface area contributed by atoms with Gasteiger partial charge in [0.05, 0.1) is 18.5 Å². The first-order valence-corrected chi connectivity index (χ1v) is 11.4. The number of carbonyl (C=O) groups excluding carboxylic acids is 1. The topological polar surface area (TPSA) is 78.5 Å². The lowest BCUT2D eigenvalue weighted by atomic mass is 9.86. The van der Waals surface area contributed by atoms with Gasteiger partial charge in [0, 0.05) is 18.3 Å². The van der Waals surface area contributed by atoms with Gasteiger partial charge >= 0.3 is 0 Å². The number of amides is 1. The average molecular weight is 380 g/mol. The first-order chi connectivity index (χ1) is 12.3. The van der Waals surface area contributed by atoms with Crippen molar-refractivity contribution in [2.24, 2.45) is 5.92 Å². The summed E-state index contributed by atoms with van der Waals surface area (Å²) in [6.07, 6.45) is 7.55. The molecule has 0 unspecified atom stereocenters. The van der Waals surface area contributed by atoms with Crippen molar-refractivity contribution in [3.63, 3.8) is 0 Å². The molecule has 2 N–H and O–H groups in total. The van der Waals surface area contributed by atoms with Crippen LogP contribution in [0.15, 0.2) is 18.2 Å². The molecular weight excluding hydrogens is 350 g/mol. The molecule has 1 saturated carbocycles. The molecule has 2 aliphatic rings. The summed E-state index contributed by atoms with van der Waals surface area (Å²) in [6.45, 7) is 3.34. The van der Waals surface area contributed by atoms with Gasteiger partial charge in [0.2, 0.25) is 15.9 Å². The summed E-state index contributed by atoms with van der Waals surface area (Å²) >= 11 is 0. The summed E-state index contributed by atoms with van der Waals surface area (Å²) in [5.74, 6) is 0.588. The monoisotopic (exact) mass is 379 g/mol. The molecule has 0 aromatic heterocycles. The standard InChI is InChI=1S/C19H29N3O3S/c1-14-7-3-4-9-16(14)20-19(23)13-22-12-6-8-15-17(21-26(2,24)25)10-5-11-18(15)22/h5,10-11,14,16,21H,3-4,6-9,12-13H2,1-2H3,(H,20,23)/t14-,16+/m1/s1. The van der Waals surface area contributed by atoms with E-state index < -0.39 is 10.0 Å². The van der Waals surface area contributed by atoms with Crippen LogP contribution in [0.5, 0.6) is 0 Å². The van der Waals surface area contributed by atoms with Crippen LogP contribution in [0.1, 0.15) is 44.6 Å². The Kier molecular flexibility index (Phi) is 5.75. The molecule has 0 saturated heterocycles. The predicted octanol–water partition coefficient (Wildman–Crippen LogP) is 2.51. The van der Waals surface area contributed by atoms with Gasteiger partial charge < -0.3 is 10.2 Å². The first-order valence-electron chi connectivity index (χ1n) is 9.47. The average Bonchev–Trinajstić information content (AvgIpc) is 2.56. The Morgan fingerprint density at radius 3 is 2.73 bits per heavy atom. The minimum Gasteiger partial charge on any atom is -0.362 e. The highest BCUT2D eigenvalue weighted by atomic mass is 32.2. The molecule has 1 aromatic carbocycles. The van der Waals surface area contributed by atoms with Crippen molar-refractivity contribution in [3.05, 3.63) is 23.8 Å². The molecule has 1 aliphatic carbocycles. The fourth-order valence-electron chi connectivity index (χ4n) is 4.12. The van der Waals surface area contributed by atoms with Crippen molar-refractivity contribution >= 4 is 27.3 Å². The molecule has 1 aliphatic heterocycles. The van der Waals surface area contributed by atoms with Crippen LogP contribution in [0.2, 0.25) is 0 Å². The largest absolute Gasteiger partial charge is 0.362 e. The highest BCUT2D eigenvalue weighted by Gasteiger charge is 2.26. The smallest absolute Gasteiger partial charge is 0.239 e. The molecule has 0 spiro atoms. The van der Waals surface area contributed by atoms with Crippen LogP contribution < -0.4 is 14.9 Å². The van der Waals surface area contributed by atoms with Crippen LogP contribution in [0.25, 0.3) is 0 Å². The second-order valence-electron chi connectivity index (χ2n) is 7.64. The SMILES string of the molecule is C[C@@H]1CCCC[C@@H]1NC(=O)CN1CCCc2c(NS(C)(=O)=O)cccc21. The summed E-state index contributed by atoms with van der Waals surface area (Å²) < 4.78 is 25.8. The maximum Gasteiger partial charge on any atom is 0.239 e. The molecule has 1 aromatic rings. The summed E-state index contributed by atoms with van der Waals surface area (Å²) in [5, 5.41) is 3.21. The summed E-state index contributed by atoms with van der Waals surface area (Å²) in [7, 11) is -3.32. The number of sulfonamides is 1. The zero-order valence-electron chi connectivity index (χ0n) is 15.6. The molecule has 1 fully saturated rings. The van der Waals surface area contributed by atoms with Crippen molar-refractivity contribution in [2.45, 2.75) is 51.5 Å². The lowest BCUT2D eigenvalue weighted by Crippen LogP contribution is -2.46.